The lowest BCUT2D eigenvalue weighted by Gasteiger charge is -2.54. The first kappa shape index (κ1) is 24.5. The minimum atomic E-state index is -0.466. The van der Waals surface area contributed by atoms with Gasteiger partial charge in [0, 0.05) is 29.6 Å². The van der Waals surface area contributed by atoms with E-state index >= 15 is 0 Å². The molecule has 6 rings (SSSR count). The lowest BCUT2D eigenvalue weighted by Crippen LogP contribution is -2.62. The fourth-order valence-corrected chi connectivity index (χ4v) is 5.97. The summed E-state index contributed by atoms with van der Waals surface area (Å²) in [5, 5.41) is 0. The molecule has 0 saturated carbocycles. The zero-order chi connectivity index (χ0) is 25.6. The van der Waals surface area contributed by atoms with Crippen LogP contribution < -0.4 is 9.47 Å². The van der Waals surface area contributed by atoms with Crippen molar-refractivity contribution in [1.29, 1.82) is 0 Å². The first-order valence-electron chi connectivity index (χ1n) is 13.2. The first-order chi connectivity index (χ1) is 17.8. The highest BCUT2D eigenvalue weighted by Crippen LogP contribution is 2.44. The van der Waals surface area contributed by atoms with Crippen molar-refractivity contribution >= 4 is 6.09 Å². The van der Waals surface area contributed by atoms with Gasteiger partial charge in [-0.05, 0) is 82.1 Å². The maximum Gasteiger partial charge on any atom is 0.410 e. The summed E-state index contributed by atoms with van der Waals surface area (Å²) in [5.41, 5.74) is 4.34. The third-order valence-electron chi connectivity index (χ3n) is 7.84. The van der Waals surface area contributed by atoms with Gasteiger partial charge in [0.2, 0.25) is 0 Å². The second kappa shape index (κ2) is 9.49. The van der Waals surface area contributed by atoms with Crippen LogP contribution in [0.25, 0.3) is 0 Å². The Morgan fingerprint density at radius 3 is 1.95 bits per heavy atom. The van der Waals surface area contributed by atoms with E-state index in [1.807, 2.05) is 25.7 Å². The summed E-state index contributed by atoms with van der Waals surface area (Å²) in [5.74, 6) is 1.80. The molecule has 2 aromatic rings. The molecule has 4 aliphatic heterocycles. The summed E-state index contributed by atoms with van der Waals surface area (Å²) >= 11 is 0. The Bertz CT molecular complexity index is 1100. The highest BCUT2D eigenvalue weighted by Gasteiger charge is 2.48. The summed E-state index contributed by atoms with van der Waals surface area (Å²) in [6, 6.07) is 13.0. The fraction of sp³-hybridized carbons (Fsp3) is 0.552. The molecule has 0 unspecified atom stereocenters. The normalized spacial score (nSPS) is 20.9. The van der Waals surface area contributed by atoms with Gasteiger partial charge < -0.3 is 28.6 Å². The van der Waals surface area contributed by atoms with E-state index in [2.05, 4.69) is 41.3 Å². The molecule has 37 heavy (non-hydrogen) atoms. The molecule has 1 amide bonds. The Kier molecular flexibility index (Phi) is 6.29. The van der Waals surface area contributed by atoms with Crippen LogP contribution in [0.2, 0.25) is 0 Å². The number of rotatable bonds is 3. The molecule has 4 aliphatic rings. The van der Waals surface area contributed by atoms with Gasteiger partial charge in [0.1, 0.15) is 17.1 Å². The molecule has 2 fully saturated rings. The molecular weight excluding hydrogens is 472 g/mol. The van der Waals surface area contributed by atoms with E-state index < -0.39 is 5.60 Å². The van der Waals surface area contributed by atoms with Crippen molar-refractivity contribution in [2.24, 2.45) is 5.41 Å². The minimum absolute atomic E-state index is 0.0961. The van der Waals surface area contributed by atoms with E-state index in [-0.39, 0.29) is 17.6 Å². The number of carbonyl (C=O) groups excluding carboxylic acids is 1. The molecular formula is C29H36N2O6. The van der Waals surface area contributed by atoms with Crippen molar-refractivity contribution < 1.29 is 28.5 Å². The Labute approximate surface area is 218 Å². The van der Waals surface area contributed by atoms with Crippen LogP contribution in [0.15, 0.2) is 36.4 Å². The number of hydrogen-bond acceptors (Lipinski definition) is 7. The average Bonchev–Trinajstić information content (AvgIpc) is 2.87. The van der Waals surface area contributed by atoms with Crippen LogP contribution in [-0.4, -0.2) is 61.3 Å². The van der Waals surface area contributed by atoms with Crippen molar-refractivity contribution in [3.8, 4) is 11.5 Å². The van der Waals surface area contributed by atoms with Crippen molar-refractivity contribution in [1.82, 2.24) is 9.80 Å². The number of benzene rings is 2. The van der Waals surface area contributed by atoms with Crippen molar-refractivity contribution in [3.63, 3.8) is 0 Å². The Morgan fingerprint density at radius 2 is 1.43 bits per heavy atom. The molecule has 0 bridgehead atoms. The number of nitrogens with zero attached hydrogens (tertiary/aromatic N) is 2. The van der Waals surface area contributed by atoms with Gasteiger partial charge in [-0.2, -0.15) is 0 Å². The monoisotopic (exact) mass is 508 g/mol. The maximum atomic E-state index is 12.5. The van der Waals surface area contributed by atoms with Gasteiger partial charge in [-0.15, -0.1) is 0 Å². The molecule has 2 aromatic carbocycles. The van der Waals surface area contributed by atoms with E-state index in [1.165, 1.54) is 11.1 Å². The molecule has 8 heteroatoms. The SMILES string of the molecule is CC(C)(C)OC(=O)N1CC2(CCN(C(c3ccc4c(c3)COCO4)c3ccc4c(c3)COCO4)CC2)C1. The zero-order valence-electron chi connectivity index (χ0n) is 22.0. The Balaban J connectivity index is 1.22. The summed E-state index contributed by atoms with van der Waals surface area (Å²) < 4.78 is 28.0. The third-order valence-corrected chi connectivity index (χ3v) is 7.84. The molecule has 0 radical (unpaired) electrons. The molecule has 0 N–H and O–H groups in total. The first-order valence-corrected chi connectivity index (χ1v) is 13.2. The van der Waals surface area contributed by atoms with Crippen LogP contribution >= 0.6 is 0 Å². The van der Waals surface area contributed by atoms with E-state index in [1.54, 1.807) is 0 Å². The van der Waals surface area contributed by atoms with Crippen LogP contribution in [0, 0.1) is 5.41 Å². The average molecular weight is 509 g/mol. The third kappa shape index (κ3) is 5.02. The summed E-state index contributed by atoms with van der Waals surface area (Å²) in [6.07, 6.45) is 1.91. The maximum absolute atomic E-state index is 12.5. The molecule has 0 aromatic heterocycles. The van der Waals surface area contributed by atoms with Crippen molar-refractivity contribution in [2.45, 2.75) is 58.5 Å². The van der Waals surface area contributed by atoms with Crippen molar-refractivity contribution in [2.75, 3.05) is 39.8 Å². The lowest BCUT2D eigenvalue weighted by molar-refractivity contribution is -0.0624. The predicted octanol–water partition coefficient (Wildman–Crippen LogP) is 4.84. The standard InChI is InChI=1S/C29H36N2O6/c1-28(2,3)37-27(32)31-16-29(17-31)8-10-30(11-9-29)26(20-4-6-24-22(12-20)14-33-18-35-24)21-5-7-25-23(13-21)15-34-19-36-25/h4-7,12-13,26H,8-11,14-19H2,1-3H3. The molecule has 0 atom stereocenters. The highest BCUT2D eigenvalue weighted by atomic mass is 16.7. The summed E-state index contributed by atoms with van der Waals surface area (Å²) in [7, 11) is 0. The van der Waals surface area contributed by atoms with Gasteiger partial charge in [0.05, 0.1) is 19.3 Å². The smallest absolute Gasteiger partial charge is 0.410 e. The number of carbonyl (C=O) groups is 1. The number of ether oxygens (including phenoxy) is 5. The molecule has 1 spiro atoms. The molecule has 8 nitrogen and oxygen atoms in total. The number of amides is 1. The van der Waals surface area contributed by atoms with E-state index in [0.717, 1.165) is 61.6 Å². The van der Waals surface area contributed by atoms with Gasteiger partial charge in [0.15, 0.2) is 13.6 Å². The fourth-order valence-electron chi connectivity index (χ4n) is 5.97. The topological polar surface area (TPSA) is 69.7 Å². The Hall–Kier alpha value is -2.81. The highest BCUT2D eigenvalue weighted by molar-refractivity contribution is 5.69. The largest absolute Gasteiger partial charge is 0.467 e. The number of hydrogen-bond donors (Lipinski definition) is 0. The van der Waals surface area contributed by atoms with Crippen LogP contribution in [0.5, 0.6) is 11.5 Å². The summed E-state index contributed by atoms with van der Waals surface area (Å²) in [4.78, 5) is 16.9. The number of likely N-dealkylation sites (tertiary alicyclic amines) is 2. The van der Waals surface area contributed by atoms with Gasteiger partial charge in [-0.1, -0.05) is 12.1 Å². The number of piperidine rings is 1. The Morgan fingerprint density at radius 1 is 0.892 bits per heavy atom. The van der Waals surface area contributed by atoms with Crippen LogP contribution in [-0.2, 0) is 27.4 Å². The van der Waals surface area contributed by atoms with Crippen LogP contribution in [0.4, 0.5) is 4.79 Å². The summed E-state index contributed by atoms with van der Waals surface area (Å²) in [6.45, 7) is 10.9. The molecule has 198 valence electrons. The minimum Gasteiger partial charge on any atom is -0.467 e. The van der Waals surface area contributed by atoms with Gasteiger partial charge in [0.25, 0.3) is 0 Å². The van der Waals surface area contributed by atoms with Crippen molar-refractivity contribution in [3.05, 3.63) is 58.7 Å². The van der Waals surface area contributed by atoms with Crippen LogP contribution in [0.1, 0.15) is 61.9 Å². The van der Waals surface area contributed by atoms with E-state index in [9.17, 15) is 4.79 Å². The van der Waals surface area contributed by atoms with E-state index in [4.69, 9.17) is 23.7 Å². The van der Waals surface area contributed by atoms with Crippen LogP contribution in [0.3, 0.4) is 0 Å². The quantitative estimate of drug-likeness (QED) is 0.588. The lowest BCUT2D eigenvalue weighted by atomic mass is 9.71. The molecule has 0 aliphatic carbocycles. The second-order valence-corrected chi connectivity index (χ2v) is 11.7. The van der Waals surface area contributed by atoms with Gasteiger partial charge in [-0.25, -0.2) is 4.79 Å². The van der Waals surface area contributed by atoms with Gasteiger partial charge >= 0.3 is 6.09 Å². The number of fused-ring (bicyclic) bond motifs is 2. The second-order valence-electron chi connectivity index (χ2n) is 11.7. The zero-order valence-corrected chi connectivity index (χ0v) is 22.0. The van der Waals surface area contributed by atoms with Gasteiger partial charge in [-0.3, -0.25) is 4.90 Å². The predicted molar refractivity (Wildman–Crippen MR) is 136 cm³/mol. The van der Waals surface area contributed by atoms with E-state index in [0.29, 0.717) is 26.8 Å². The molecule has 2 saturated heterocycles. The molecule has 4 heterocycles.